The van der Waals surface area contributed by atoms with Crippen molar-refractivity contribution in [2.75, 3.05) is 31.6 Å². The predicted octanol–water partition coefficient (Wildman–Crippen LogP) is 4.04. The number of aromatic nitrogens is 6. The van der Waals surface area contributed by atoms with Crippen molar-refractivity contribution in [1.29, 1.82) is 0 Å². The first-order chi connectivity index (χ1) is 24.1. The van der Waals surface area contributed by atoms with E-state index in [0.717, 1.165) is 17.7 Å². The molecule has 3 aliphatic carbocycles. The van der Waals surface area contributed by atoms with Crippen LogP contribution in [-0.2, 0) is 27.2 Å². The summed E-state index contributed by atoms with van der Waals surface area (Å²) in [5, 5.41) is 18.3. The molecule has 2 N–H and O–H groups in total. The Bertz CT molecular complexity index is 2220. The van der Waals surface area contributed by atoms with E-state index in [0.29, 0.717) is 86.7 Å². The van der Waals surface area contributed by atoms with Gasteiger partial charge in [-0.25, -0.2) is 14.4 Å². The van der Waals surface area contributed by atoms with Crippen LogP contribution in [0.15, 0.2) is 35.4 Å². The molecule has 5 aliphatic rings. The van der Waals surface area contributed by atoms with E-state index in [-0.39, 0.29) is 58.0 Å². The summed E-state index contributed by atoms with van der Waals surface area (Å²) in [6.45, 7) is 3.14. The Balaban J connectivity index is 1.08. The Hall–Kier alpha value is -4.69. The van der Waals surface area contributed by atoms with E-state index in [1.807, 2.05) is 10.6 Å². The van der Waals surface area contributed by atoms with Gasteiger partial charge in [0.15, 0.2) is 17.3 Å². The second kappa shape index (κ2) is 11.2. The lowest BCUT2D eigenvalue weighted by Crippen LogP contribution is -2.48. The number of alkyl halides is 1. The van der Waals surface area contributed by atoms with Crippen LogP contribution in [0.4, 0.5) is 10.1 Å². The number of hydrogen-bond acceptors (Lipinski definition) is 9. The van der Waals surface area contributed by atoms with Crippen LogP contribution in [0, 0.1) is 12.8 Å². The van der Waals surface area contributed by atoms with Crippen LogP contribution in [0.5, 0.6) is 5.75 Å². The largest absolute Gasteiger partial charge is 0.504 e. The highest BCUT2D eigenvalue weighted by Crippen LogP contribution is 2.67. The summed E-state index contributed by atoms with van der Waals surface area (Å²) in [5.74, 6) is -0.0571. The second-order valence-corrected chi connectivity index (χ2v) is 14.5. The number of piperidine rings is 1. The normalized spacial score (nSPS) is 22.6. The molecule has 2 atom stereocenters. The maximum Gasteiger partial charge on any atom is 0.279 e. The van der Waals surface area contributed by atoms with Gasteiger partial charge in [-0.05, 0) is 74.6 Å². The van der Waals surface area contributed by atoms with Crippen LogP contribution in [-0.4, -0.2) is 77.3 Å². The minimum atomic E-state index is -1.35. The van der Waals surface area contributed by atoms with Crippen molar-refractivity contribution in [3.8, 4) is 5.75 Å². The molecular weight excluding hydrogens is 667 g/mol. The van der Waals surface area contributed by atoms with Crippen LogP contribution in [0.25, 0.3) is 11.4 Å². The molecule has 13 nitrogen and oxygen atoms in total. The maximum absolute atomic E-state index is 14.7. The Morgan fingerprint density at radius 3 is 2.70 bits per heavy atom. The lowest BCUT2D eigenvalue weighted by molar-refractivity contribution is -0.116. The lowest BCUT2D eigenvalue weighted by Gasteiger charge is -2.41. The highest BCUT2D eigenvalue weighted by Gasteiger charge is 2.64. The number of aryl methyl sites for hydroxylation is 1. The average molecular weight is 701 g/mol. The standard InChI is InChI=1S/C35H34ClFN8O5/c1-18-29(47)27(39-17-38-18)32(49)43-10-8-34(9-11-43)22-15-21(22)28-26(34)31(48)45-33(41-30(42-45)19-4-12-50-13-5-19)44(28)16-25(46)40-24-3-2-20(14-23(24)36)35(37)6-7-35/h2-4,14,17,21-22,47H,5-13,15-16H2,1H3,(H,40,46)/t21-,22+/m0/s1. The molecule has 9 rings (SSSR count). The topological polar surface area (TPSA) is 157 Å². The van der Waals surface area contributed by atoms with Crippen molar-refractivity contribution in [1.82, 2.24) is 34.0 Å². The molecule has 3 aromatic heterocycles. The number of benzene rings is 1. The Labute approximate surface area is 290 Å². The molecule has 50 heavy (non-hydrogen) atoms. The first kappa shape index (κ1) is 31.3. The molecule has 1 spiro atoms. The minimum absolute atomic E-state index is 0.0382. The van der Waals surface area contributed by atoms with Gasteiger partial charge in [0.05, 0.1) is 29.6 Å². The van der Waals surface area contributed by atoms with Crippen LogP contribution in [0.2, 0.25) is 5.02 Å². The number of ether oxygens (including phenoxy) is 1. The summed E-state index contributed by atoms with van der Waals surface area (Å²) in [6.07, 6.45) is 6.60. The third-order valence-electron chi connectivity index (χ3n) is 11.3. The molecular formula is C35H34ClFN8O5. The zero-order valence-electron chi connectivity index (χ0n) is 27.3. The average Bonchev–Trinajstić information content (AvgIpc) is 4.01. The number of carbonyl (C=O) groups excluding carboxylic acids is 2. The number of carbonyl (C=O) groups is 2. The third kappa shape index (κ3) is 4.78. The van der Waals surface area contributed by atoms with Crippen LogP contribution in [0.1, 0.15) is 83.3 Å². The first-order valence-corrected chi connectivity index (χ1v) is 17.4. The number of likely N-dealkylation sites (tertiary alicyclic amines) is 1. The quantitative estimate of drug-likeness (QED) is 0.303. The monoisotopic (exact) mass is 700 g/mol. The maximum atomic E-state index is 14.7. The van der Waals surface area contributed by atoms with Crippen LogP contribution < -0.4 is 10.9 Å². The molecule has 258 valence electrons. The number of amides is 2. The molecule has 3 fully saturated rings. The highest BCUT2D eigenvalue weighted by molar-refractivity contribution is 6.33. The molecule has 1 aromatic carbocycles. The summed E-state index contributed by atoms with van der Waals surface area (Å²) in [4.78, 5) is 56.2. The zero-order chi connectivity index (χ0) is 34.5. The molecule has 0 radical (unpaired) electrons. The fourth-order valence-corrected chi connectivity index (χ4v) is 8.60. The van der Waals surface area contributed by atoms with Crippen molar-refractivity contribution in [2.45, 2.75) is 69.0 Å². The van der Waals surface area contributed by atoms with Gasteiger partial charge < -0.3 is 24.6 Å². The van der Waals surface area contributed by atoms with Crippen molar-refractivity contribution in [2.24, 2.45) is 5.92 Å². The predicted molar refractivity (Wildman–Crippen MR) is 179 cm³/mol. The van der Waals surface area contributed by atoms with Crippen molar-refractivity contribution in [3.63, 3.8) is 0 Å². The van der Waals surface area contributed by atoms with Crippen LogP contribution in [0.3, 0.4) is 0 Å². The highest BCUT2D eigenvalue weighted by atomic mass is 35.5. The van der Waals surface area contributed by atoms with E-state index < -0.39 is 11.1 Å². The van der Waals surface area contributed by atoms with Gasteiger partial charge in [0.2, 0.25) is 11.7 Å². The van der Waals surface area contributed by atoms with E-state index in [2.05, 4.69) is 15.3 Å². The third-order valence-corrected chi connectivity index (χ3v) is 11.6. The molecule has 2 saturated carbocycles. The smallest absolute Gasteiger partial charge is 0.279 e. The van der Waals surface area contributed by atoms with E-state index in [1.165, 1.54) is 10.8 Å². The summed E-state index contributed by atoms with van der Waals surface area (Å²) in [6, 6.07) is 4.84. The number of halogens is 2. The molecule has 1 saturated heterocycles. The van der Waals surface area contributed by atoms with Gasteiger partial charge in [0.1, 0.15) is 18.5 Å². The number of rotatable bonds is 6. The van der Waals surface area contributed by atoms with E-state index in [4.69, 9.17) is 26.4 Å². The summed E-state index contributed by atoms with van der Waals surface area (Å²) in [7, 11) is 0. The number of anilines is 1. The summed E-state index contributed by atoms with van der Waals surface area (Å²) < 4.78 is 23.3. The van der Waals surface area contributed by atoms with E-state index >= 15 is 0 Å². The van der Waals surface area contributed by atoms with Gasteiger partial charge in [-0.15, -0.1) is 5.10 Å². The molecule has 0 bridgehead atoms. The molecule has 4 aromatic rings. The number of hydrogen-bond donors (Lipinski definition) is 2. The number of nitrogens with one attached hydrogen (secondary N) is 1. The van der Waals surface area contributed by atoms with E-state index in [1.54, 1.807) is 30.0 Å². The van der Waals surface area contributed by atoms with Crippen LogP contribution >= 0.6 is 11.6 Å². The fraction of sp³-hybridized carbons (Fsp3) is 0.457. The van der Waals surface area contributed by atoms with Crippen molar-refractivity contribution < 1.29 is 23.8 Å². The van der Waals surface area contributed by atoms with Gasteiger partial charge in [-0.1, -0.05) is 23.7 Å². The fourth-order valence-electron chi connectivity index (χ4n) is 8.37. The van der Waals surface area contributed by atoms with Gasteiger partial charge in [-0.2, -0.15) is 9.50 Å². The molecule has 5 heterocycles. The van der Waals surface area contributed by atoms with Crippen molar-refractivity contribution in [3.05, 3.63) is 80.0 Å². The Morgan fingerprint density at radius 1 is 1.18 bits per heavy atom. The Morgan fingerprint density at radius 2 is 1.98 bits per heavy atom. The molecule has 15 heteroatoms. The molecule has 2 aliphatic heterocycles. The van der Waals surface area contributed by atoms with E-state index in [9.17, 15) is 23.9 Å². The number of nitrogens with zero attached hydrogens (tertiary/aromatic N) is 7. The summed E-state index contributed by atoms with van der Waals surface area (Å²) in [5.41, 5.74) is 1.33. The van der Waals surface area contributed by atoms with Gasteiger partial charge in [0.25, 0.3) is 11.5 Å². The number of fused-ring (bicyclic) bond motifs is 6. The number of aromatic hydroxyl groups is 1. The SMILES string of the molecule is Cc1ncnc(C(=O)N2CCC3(CC2)c2c(n(CC(=O)Nc4ccc(C5(F)CC5)cc4Cl)c4nc(C5=CCOCC5)nn4c2=O)[C@H]2C[C@H]23)c1O. The van der Waals surface area contributed by atoms with Gasteiger partial charge in [-0.3, -0.25) is 14.4 Å². The second-order valence-electron chi connectivity index (χ2n) is 14.1. The first-order valence-electron chi connectivity index (χ1n) is 17.0. The van der Waals surface area contributed by atoms with Gasteiger partial charge >= 0.3 is 0 Å². The zero-order valence-corrected chi connectivity index (χ0v) is 28.0. The Kier molecular flexibility index (Phi) is 6.98. The van der Waals surface area contributed by atoms with Crippen molar-refractivity contribution >= 4 is 40.5 Å². The minimum Gasteiger partial charge on any atom is -0.504 e. The summed E-state index contributed by atoms with van der Waals surface area (Å²) >= 11 is 6.50. The molecule has 0 unspecified atom stereocenters. The lowest BCUT2D eigenvalue weighted by atomic mass is 9.71. The van der Waals surface area contributed by atoms with Gasteiger partial charge in [0, 0.05) is 35.7 Å². The molecule has 2 amide bonds.